The summed E-state index contributed by atoms with van der Waals surface area (Å²) in [7, 11) is 3.25. The number of H-pyrrole nitrogens is 1. The van der Waals surface area contributed by atoms with Gasteiger partial charge in [-0.1, -0.05) is 11.8 Å². The standard InChI is InChI=1S/C15H19N3O3S/c1-19-10-5-6-12(13(8-10)20-2)14-16-15(18-17-14)22-9-11-4-3-7-21-11/h5-6,8,11H,3-4,7,9H2,1-2H3,(H,16,17,18)/t11-/m0/s1. The normalized spacial score (nSPS) is 17.6. The van der Waals surface area contributed by atoms with Crippen LogP contribution in [0.2, 0.25) is 0 Å². The lowest BCUT2D eigenvalue weighted by molar-refractivity contribution is 0.129. The van der Waals surface area contributed by atoms with Gasteiger partial charge in [0.15, 0.2) is 5.82 Å². The molecular weight excluding hydrogens is 302 g/mol. The highest BCUT2D eigenvalue weighted by molar-refractivity contribution is 7.99. The van der Waals surface area contributed by atoms with Gasteiger partial charge in [-0.2, -0.15) is 0 Å². The maximum absolute atomic E-state index is 5.61. The lowest BCUT2D eigenvalue weighted by Crippen LogP contribution is -2.07. The van der Waals surface area contributed by atoms with E-state index in [0.717, 1.165) is 41.7 Å². The highest BCUT2D eigenvalue weighted by atomic mass is 32.2. The number of nitrogens with one attached hydrogen (secondary N) is 1. The maximum Gasteiger partial charge on any atom is 0.208 e. The molecule has 1 saturated heterocycles. The zero-order chi connectivity index (χ0) is 15.4. The summed E-state index contributed by atoms with van der Waals surface area (Å²) in [4.78, 5) is 4.53. The number of rotatable bonds is 6. The second-order valence-corrected chi connectivity index (χ2v) is 5.97. The van der Waals surface area contributed by atoms with E-state index in [9.17, 15) is 0 Å². The van der Waals surface area contributed by atoms with Crippen LogP contribution in [-0.2, 0) is 4.74 Å². The Morgan fingerprint density at radius 2 is 2.27 bits per heavy atom. The highest BCUT2D eigenvalue weighted by Crippen LogP contribution is 2.32. The summed E-state index contributed by atoms with van der Waals surface area (Å²) < 4.78 is 16.2. The molecule has 1 aromatic carbocycles. The van der Waals surface area contributed by atoms with Gasteiger partial charge in [0, 0.05) is 18.4 Å². The number of aromatic amines is 1. The van der Waals surface area contributed by atoms with Crippen LogP contribution in [0.5, 0.6) is 11.5 Å². The maximum atomic E-state index is 5.61. The van der Waals surface area contributed by atoms with E-state index in [4.69, 9.17) is 14.2 Å². The molecule has 0 radical (unpaired) electrons. The van der Waals surface area contributed by atoms with Crippen LogP contribution in [0.1, 0.15) is 12.8 Å². The first-order chi connectivity index (χ1) is 10.8. The average molecular weight is 321 g/mol. The fourth-order valence-electron chi connectivity index (χ4n) is 2.37. The third-order valence-corrected chi connectivity index (χ3v) is 4.53. The van der Waals surface area contributed by atoms with Crippen molar-refractivity contribution in [2.24, 2.45) is 0 Å². The number of hydrogen-bond donors (Lipinski definition) is 1. The van der Waals surface area contributed by atoms with E-state index in [-0.39, 0.29) is 0 Å². The molecule has 1 aromatic heterocycles. The molecule has 7 heteroatoms. The van der Waals surface area contributed by atoms with Gasteiger partial charge in [0.05, 0.1) is 25.9 Å². The van der Waals surface area contributed by atoms with Crippen LogP contribution in [0, 0.1) is 0 Å². The Kier molecular flexibility index (Phi) is 4.84. The van der Waals surface area contributed by atoms with Crippen molar-refractivity contribution in [1.82, 2.24) is 15.2 Å². The van der Waals surface area contributed by atoms with Gasteiger partial charge in [0.1, 0.15) is 11.5 Å². The van der Waals surface area contributed by atoms with E-state index >= 15 is 0 Å². The van der Waals surface area contributed by atoms with E-state index in [1.54, 1.807) is 26.0 Å². The lowest BCUT2D eigenvalue weighted by Gasteiger charge is -2.08. The van der Waals surface area contributed by atoms with Crippen LogP contribution in [0.25, 0.3) is 11.4 Å². The van der Waals surface area contributed by atoms with Crippen molar-refractivity contribution in [3.05, 3.63) is 18.2 Å². The monoisotopic (exact) mass is 321 g/mol. The Hall–Kier alpha value is -1.73. The van der Waals surface area contributed by atoms with Crippen molar-refractivity contribution in [3.8, 4) is 22.9 Å². The molecule has 1 aliphatic heterocycles. The van der Waals surface area contributed by atoms with E-state index in [1.807, 2.05) is 18.2 Å². The Balaban J connectivity index is 1.72. The number of hydrogen-bond acceptors (Lipinski definition) is 6. The van der Waals surface area contributed by atoms with Crippen molar-refractivity contribution in [3.63, 3.8) is 0 Å². The van der Waals surface area contributed by atoms with Gasteiger partial charge in [-0.15, -0.1) is 5.10 Å². The van der Waals surface area contributed by atoms with Gasteiger partial charge >= 0.3 is 0 Å². The summed E-state index contributed by atoms with van der Waals surface area (Å²) in [5.41, 5.74) is 0.861. The molecule has 0 aliphatic carbocycles. The number of ether oxygens (including phenoxy) is 3. The van der Waals surface area contributed by atoms with E-state index in [1.165, 1.54) is 0 Å². The Bertz CT molecular complexity index is 626. The fraction of sp³-hybridized carbons (Fsp3) is 0.467. The first-order valence-electron chi connectivity index (χ1n) is 7.19. The summed E-state index contributed by atoms with van der Waals surface area (Å²) in [6.45, 7) is 0.869. The Morgan fingerprint density at radius 3 is 3.00 bits per heavy atom. The number of methoxy groups -OCH3 is 2. The molecule has 0 spiro atoms. The summed E-state index contributed by atoms with van der Waals surface area (Å²) in [6, 6.07) is 5.61. The molecule has 3 rings (SSSR count). The molecule has 0 amide bonds. The number of thioether (sulfide) groups is 1. The van der Waals surface area contributed by atoms with Gasteiger partial charge < -0.3 is 14.2 Å². The smallest absolute Gasteiger partial charge is 0.208 e. The molecule has 2 heterocycles. The summed E-state index contributed by atoms with van der Waals surface area (Å²) in [5, 5.41) is 7.95. The van der Waals surface area contributed by atoms with Crippen molar-refractivity contribution in [2.45, 2.75) is 24.1 Å². The topological polar surface area (TPSA) is 69.3 Å². The van der Waals surface area contributed by atoms with Crippen LogP contribution in [0.4, 0.5) is 0 Å². The molecule has 6 nitrogen and oxygen atoms in total. The van der Waals surface area contributed by atoms with E-state index < -0.39 is 0 Å². The lowest BCUT2D eigenvalue weighted by atomic mass is 10.2. The SMILES string of the molecule is COc1ccc(-c2nc(SC[C@@H]3CCCO3)n[nH]2)c(OC)c1. The number of nitrogens with zero attached hydrogens (tertiary/aromatic N) is 2. The molecule has 1 aliphatic rings. The molecule has 0 bridgehead atoms. The van der Waals surface area contributed by atoms with Gasteiger partial charge in [-0.05, 0) is 25.0 Å². The molecule has 1 fully saturated rings. The Morgan fingerprint density at radius 1 is 1.36 bits per heavy atom. The molecule has 0 unspecified atom stereocenters. The highest BCUT2D eigenvalue weighted by Gasteiger charge is 2.17. The van der Waals surface area contributed by atoms with Crippen molar-refractivity contribution in [1.29, 1.82) is 0 Å². The van der Waals surface area contributed by atoms with Crippen LogP contribution >= 0.6 is 11.8 Å². The molecule has 22 heavy (non-hydrogen) atoms. The molecule has 2 aromatic rings. The van der Waals surface area contributed by atoms with Gasteiger partial charge in [-0.3, -0.25) is 5.10 Å². The third kappa shape index (κ3) is 3.36. The Labute approximate surface area is 133 Å². The summed E-state index contributed by atoms with van der Waals surface area (Å²) >= 11 is 1.61. The second kappa shape index (κ2) is 7.02. The molecule has 118 valence electrons. The summed E-state index contributed by atoms with van der Waals surface area (Å²) in [6.07, 6.45) is 2.59. The van der Waals surface area contributed by atoms with Crippen LogP contribution in [-0.4, -0.2) is 47.9 Å². The van der Waals surface area contributed by atoms with Crippen LogP contribution < -0.4 is 9.47 Å². The molecule has 0 saturated carbocycles. The minimum Gasteiger partial charge on any atom is -0.497 e. The predicted octanol–water partition coefficient (Wildman–Crippen LogP) is 2.76. The van der Waals surface area contributed by atoms with Crippen LogP contribution in [0.3, 0.4) is 0 Å². The first kappa shape index (κ1) is 15.2. The van der Waals surface area contributed by atoms with Gasteiger partial charge in [0.2, 0.25) is 5.16 Å². The fourth-order valence-corrected chi connectivity index (χ4v) is 3.23. The molecule has 1 N–H and O–H groups in total. The number of benzene rings is 1. The van der Waals surface area contributed by atoms with Gasteiger partial charge in [-0.25, -0.2) is 4.98 Å². The zero-order valence-corrected chi connectivity index (χ0v) is 13.5. The molecular formula is C15H19N3O3S. The second-order valence-electron chi connectivity index (χ2n) is 4.98. The minimum absolute atomic E-state index is 0.322. The first-order valence-corrected chi connectivity index (χ1v) is 8.18. The number of aromatic nitrogens is 3. The van der Waals surface area contributed by atoms with Crippen molar-refractivity contribution in [2.75, 3.05) is 26.6 Å². The van der Waals surface area contributed by atoms with E-state index in [0.29, 0.717) is 17.7 Å². The van der Waals surface area contributed by atoms with Crippen molar-refractivity contribution >= 4 is 11.8 Å². The van der Waals surface area contributed by atoms with E-state index in [2.05, 4.69) is 15.2 Å². The zero-order valence-electron chi connectivity index (χ0n) is 12.7. The van der Waals surface area contributed by atoms with Crippen molar-refractivity contribution < 1.29 is 14.2 Å². The van der Waals surface area contributed by atoms with Crippen LogP contribution in [0.15, 0.2) is 23.4 Å². The molecule has 1 atom stereocenters. The van der Waals surface area contributed by atoms with Gasteiger partial charge in [0.25, 0.3) is 0 Å². The summed E-state index contributed by atoms with van der Waals surface area (Å²) in [5.74, 6) is 3.02. The third-order valence-electron chi connectivity index (χ3n) is 3.55. The predicted molar refractivity (Wildman–Crippen MR) is 84.6 cm³/mol. The minimum atomic E-state index is 0.322. The quantitative estimate of drug-likeness (QED) is 0.825. The average Bonchev–Trinajstić information content (AvgIpc) is 3.23. The largest absolute Gasteiger partial charge is 0.497 e.